The summed E-state index contributed by atoms with van der Waals surface area (Å²) in [6, 6.07) is 0. The highest BCUT2D eigenvalue weighted by Gasteiger charge is 2.30. The number of halogens is 1. The fraction of sp³-hybridized carbons (Fsp3) is 0.900. The number of nitrogens with zero attached hydrogens (tertiary/aromatic N) is 1. The molecule has 2 aliphatic heterocycles. The molecular weight excluding hydrogens is 186 g/mol. The highest BCUT2D eigenvalue weighted by Crippen LogP contribution is 2.33. The SMILES string of the molecule is O=C(CCl)N1CC2CCC(CC2)C1. The Morgan fingerprint density at radius 1 is 1.15 bits per heavy atom. The van der Waals surface area contributed by atoms with Gasteiger partial charge in [0.25, 0.3) is 0 Å². The molecule has 2 saturated heterocycles. The highest BCUT2D eigenvalue weighted by atomic mass is 35.5. The third-order valence-corrected chi connectivity index (χ3v) is 3.62. The first-order chi connectivity index (χ1) is 6.29. The van der Waals surface area contributed by atoms with Crippen LogP contribution in [0.4, 0.5) is 0 Å². The Morgan fingerprint density at radius 3 is 2.00 bits per heavy atom. The Morgan fingerprint density at radius 2 is 1.62 bits per heavy atom. The number of carbonyl (C=O) groups is 1. The number of fused-ring (bicyclic) bond motifs is 4. The minimum absolute atomic E-state index is 0.125. The fourth-order valence-corrected chi connectivity index (χ4v) is 2.75. The molecule has 3 fully saturated rings. The molecule has 0 aromatic heterocycles. The largest absolute Gasteiger partial charge is 0.341 e. The summed E-state index contributed by atoms with van der Waals surface area (Å²) in [6.07, 6.45) is 5.26. The first kappa shape index (κ1) is 9.32. The van der Waals surface area contributed by atoms with Gasteiger partial charge < -0.3 is 4.90 Å². The molecule has 3 aliphatic rings. The molecular formula is C10H16ClNO. The third kappa shape index (κ3) is 1.98. The van der Waals surface area contributed by atoms with Crippen molar-refractivity contribution in [2.75, 3.05) is 19.0 Å². The van der Waals surface area contributed by atoms with Crippen molar-refractivity contribution in [1.29, 1.82) is 0 Å². The predicted octanol–water partition coefficient (Wildman–Crippen LogP) is 1.87. The van der Waals surface area contributed by atoms with Crippen molar-refractivity contribution in [1.82, 2.24) is 4.90 Å². The van der Waals surface area contributed by atoms with Crippen LogP contribution >= 0.6 is 11.6 Å². The smallest absolute Gasteiger partial charge is 0.237 e. The summed E-state index contributed by atoms with van der Waals surface area (Å²) in [5.41, 5.74) is 0. The van der Waals surface area contributed by atoms with Gasteiger partial charge in [-0.15, -0.1) is 11.6 Å². The van der Waals surface area contributed by atoms with Crippen LogP contribution in [0.5, 0.6) is 0 Å². The molecule has 2 heterocycles. The van der Waals surface area contributed by atoms with Crippen molar-refractivity contribution in [3.05, 3.63) is 0 Å². The van der Waals surface area contributed by atoms with Gasteiger partial charge in [0.05, 0.1) is 0 Å². The van der Waals surface area contributed by atoms with Gasteiger partial charge in [0, 0.05) is 13.1 Å². The van der Waals surface area contributed by atoms with Gasteiger partial charge in [-0.05, 0) is 37.5 Å². The Bertz CT molecular complexity index is 185. The van der Waals surface area contributed by atoms with Crippen LogP contribution in [0.1, 0.15) is 25.7 Å². The van der Waals surface area contributed by atoms with Gasteiger partial charge in [0.2, 0.25) is 5.91 Å². The van der Waals surface area contributed by atoms with E-state index in [1.54, 1.807) is 0 Å². The van der Waals surface area contributed by atoms with Crippen molar-refractivity contribution >= 4 is 17.5 Å². The first-order valence-electron chi connectivity index (χ1n) is 5.13. The molecule has 0 radical (unpaired) electrons. The number of amides is 1. The van der Waals surface area contributed by atoms with E-state index < -0.39 is 0 Å². The van der Waals surface area contributed by atoms with Crippen LogP contribution in [0.15, 0.2) is 0 Å². The van der Waals surface area contributed by atoms with Gasteiger partial charge in [0.15, 0.2) is 0 Å². The van der Waals surface area contributed by atoms with Crippen molar-refractivity contribution in [2.24, 2.45) is 11.8 Å². The van der Waals surface area contributed by atoms with Gasteiger partial charge in [-0.1, -0.05) is 0 Å². The highest BCUT2D eigenvalue weighted by molar-refractivity contribution is 6.27. The van der Waals surface area contributed by atoms with E-state index in [2.05, 4.69) is 0 Å². The van der Waals surface area contributed by atoms with E-state index in [9.17, 15) is 4.79 Å². The first-order valence-corrected chi connectivity index (χ1v) is 5.67. The molecule has 1 saturated carbocycles. The fourth-order valence-electron chi connectivity index (χ4n) is 2.58. The Labute approximate surface area is 84.2 Å². The summed E-state index contributed by atoms with van der Waals surface area (Å²) < 4.78 is 0. The van der Waals surface area contributed by atoms with Crippen molar-refractivity contribution in [3.8, 4) is 0 Å². The molecule has 2 nitrogen and oxygen atoms in total. The van der Waals surface area contributed by atoms with Gasteiger partial charge in [-0.2, -0.15) is 0 Å². The lowest BCUT2D eigenvalue weighted by molar-refractivity contribution is -0.129. The minimum atomic E-state index is 0.125. The topological polar surface area (TPSA) is 20.3 Å². The van der Waals surface area contributed by atoms with Gasteiger partial charge in [-0.3, -0.25) is 4.79 Å². The van der Waals surface area contributed by atoms with E-state index in [0.29, 0.717) is 0 Å². The van der Waals surface area contributed by atoms with E-state index in [-0.39, 0.29) is 11.8 Å². The molecule has 1 amide bonds. The summed E-state index contributed by atoms with van der Waals surface area (Å²) in [7, 11) is 0. The lowest BCUT2D eigenvalue weighted by atomic mass is 9.84. The summed E-state index contributed by atoms with van der Waals surface area (Å²) in [5, 5.41) is 0. The summed E-state index contributed by atoms with van der Waals surface area (Å²) in [5.74, 6) is 1.79. The molecule has 2 bridgehead atoms. The lowest BCUT2D eigenvalue weighted by Crippen LogP contribution is -2.35. The molecule has 1 aliphatic carbocycles. The normalized spacial score (nSPS) is 33.2. The van der Waals surface area contributed by atoms with Crippen LogP contribution in [-0.2, 0) is 4.79 Å². The summed E-state index contributed by atoms with van der Waals surface area (Å²) in [4.78, 5) is 13.4. The average molecular weight is 202 g/mol. The van der Waals surface area contributed by atoms with E-state index in [1.807, 2.05) is 4.90 Å². The van der Waals surface area contributed by atoms with Crippen LogP contribution in [0, 0.1) is 11.8 Å². The van der Waals surface area contributed by atoms with Crippen LogP contribution in [0.3, 0.4) is 0 Å². The maximum Gasteiger partial charge on any atom is 0.237 e. The summed E-state index contributed by atoms with van der Waals surface area (Å²) in [6.45, 7) is 1.92. The number of rotatable bonds is 1. The van der Waals surface area contributed by atoms with Crippen LogP contribution in [-0.4, -0.2) is 29.8 Å². The zero-order chi connectivity index (χ0) is 9.26. The molecule has 74 valence electrons. The lowest BCUT2D eigenvalue weighted by Gasteiger charge is -2.21. The number of carbonyl (C=O) groups excluding carboxylic acids is 1. The molecule has 0 N–H and O–H groups in total. The zero-order valence-corrected chi connectivity index (χ0v) is 8.59. The minimum Gasteiger partial charge on any atom is -0.341 e. The van der Waals surface area contributed by atoms with Gasteiger partial charge in [-0.25, -0.2) is 0 Å². The molecule has 13 heavy (non-hydrogen) atoms. The Kier molecular flexibility index (Phi) is 2.77. The van der Waals surface area contributed by atoms with Crippen molar-refractivity contribution in [3.63, 3.8) is 0 Å². The third-order valence-electron chi connectivity index (χ3n) is 3.39. The second-order valence-corrected chi connectivity index (χ2v) is 4.59. The Hall–Kier alpha value is -0.240. The van der Waals surface area contributed by atoms with E-state index in [1.165, 1.54) is 25.7 Å². The van der Waals surface area contributed by atoms with Crippen LogP contribution in [0.25, 0.3) is 0 Å². The van der Waals surface area contributed by atoms with Crippen LogP contribution in [0.2, 0.25) is 0 Å². The standard InChI is InChI=1S/C10H16ClNO/c11-5-10(13)12-6-8-1-2-9(7-12)4-3-8/h8-9H,1-7H2. The molecule has 0 aromatic carbocycles. The molecule has 0 atom stereocenters. The molecule has 0 spiro atoms. The molecule has 3 heteroatoms. The molecule has 3 rings (SSSR count). The molecule has 0 unspecified atom stereocenters. The number of hydrogen-bond acceptors (Lipinski definition) is 1. The van der Waals surface area contributed by atoms with Crippen molar-refractivity contribution < 1.29 is 4.79 Å². The van der Waals surface area contributed by atoms with E-state index >= 15 is 0 Å². The average Bonchev–Trinajstić information content (AvgIpc) is 2.49. The number of hydrogen-bond donors (Lipinski definition) is 0. The second-order valence-electron chi connectivity index (χ2n) is 4.32. The van der Waals surface area contributed by atoms with Crippen LogP contribution < -0.4 is 0 Å². The zero-order valence-electron chi connectivity index (χ0n) is 7.84. The predicted molar refractivity (Wildman–Crippen MR) is 52.7 cm³/mol. The van der Waals surface area contributed by atoms with Gasteiger partial charge >= 0.3 is 0 Å². The number of alkyl halides is 1. The summed E-state index contributed by atoms with van der Waals surface area (Å²) >= 11 is 5.56. The quantitative estimate of drug-likeness (QED) is 0.594. The van der Waals surface area contributed by atoms with E-state index in [4.69, 9.17) is 11.6 Å². The maximum atomic E-state index is 11.4. The van der Waals surface area contributed by atoms with Gasteiger partial charge in [0.1, 0.15) is 5.88 Å². The second kappa shape index (κ2) is 3.87. The van der Waals surface area contributed by atoms with E-state index in [0.717, 1.165) is 24.9 Å². The Balaban J connectivity index is 2.03. The van der Waals surface area contributed by atoms with Crippen molar-refractivity contribution in [2.45, 2.75) is 25.7 Å². The maximum absolute atomic E-state index is 11.4. The molecule has 0 aromatic rings. The monoisotopic (exact) mass is 201 g/mol.